The fourth-order valence-corrected chi connectivity index (χ4v) is 2.71. The van der Waals surface area contributed by atoms with Gasteiger partial charge in [0.1, 0.15) is 0 Å². The summed E-state index contributed by atoms with van der Waals surface area (Å²) in [6, 6.07) is 9.36. The number of hydrogen-bond acceptors (Lipinski definition) is 1. The Bertz CT molecular complexity index is 344. The lowest BCUT2D eigenvalue weighted by Crippen LogP contribution is -2.45. The standard InChI is InChI=1S/C14H20ClN/c1-10-7-13(8-10)16-11(2)9-12-5-3-4-6-14(12)15/h3-6,10-11,13,16H,7-9H2,1-2H3. The molecule has 16 heavy (non-hydrogen) atoms. The lowest BCUT2D eigenvalue weighted by Gasteiger charge is -2.35. The summed E-state index contributed by atoms with van der Waals surface area (Å²) in [7, 11) is 0. The third-order valence-corrected chi connectivity index (χ3v) is 3.75. The second-order valence-corrected chi connectivity index (χ2v) is 5.54. The van der Waals surface area contributed by atoms with Crippen LogP contribution in [-0.4, -0.2) is 12.1 Å². The molecule has 2 heteroatoms. The van der Waals surface area contributed by atoms with Gasteiger partial charge in [-0.3, -0.25) is 0 Å². The molecular weight excluding hydrogens is 218 g/mol. The van der Waals surface area contributed by atoms with Gasteiger partial charge in [-0.25, -0.2) is 0 Å². The largest absolute Gasteiger partial charge is 0.311 e. The van der Waals surface area contributed by atoms with Gasteiger partial charge in [-0.05, 0) is 43.7 Å². The Balaban J connectivity index is 1.83. The van der Waals surface area contributed by atoms with Crippen LogP contribution in [0.5, 0.6) is 0 Å². The molecule has 1 saturated carbocycles. The highest BCUT2D eigenvalue weighted by atomic mass is 35.5. The molecular formula is C14H20ClN. The fourth-order valence-electron chi connectivity index (χ4n) is 2.49. The Morgan fingerprint density at radius 2 is 2.06 bits per heavy atom. The van der Waals surface area contributed by atoms with Crippen LogP contribution < -0.4 is 5.32 Å². The molecule has 1 fully saturated rings. The highest BCUT2D eigenvalue weighted by molar-refractivity contribution is 6.31. The first kappa shape index (κ1) is 11.9. The molecule has 1 atom stereocenters. The molecule has 0 spiro atoms. The molecule has 0 bridgehead atoms. The maximum Gasteiger partial charge on any atom is 0.0438 e. The molecule has 1 unspecified atom stereocenters. The van der Waals surface area contributed by atoms with Gasteiger partial charge in [0.05, 0.1) is 0 Å². The monoisotopic (exact) mass is 237 g/mol. The van der Waals surface area contributed by atoms with Crippen LogP contribution in [0.1, 0.15) is 32.3 Å². The number of halogens is 1. The molecule has 0 aromatic heterocycles. The summed E-state index contributed by atoms with van der Waals surface area (Å²) in [6.45, 7) is 4.56. The molecule has 1 aromatic rings. The van der Waals surface area contributed by atoms with E-state index in [0.717, 1.165) is 23.4 Å². The molecule has 0 saturated heterocycles. The molecule has 0 aliphatic heterocycles. The van der Waals surface area contributed by atoms with Crippen LogP contribution in [0.3, 0.4) is 0 Å². The van der Waals surface area contributed by atoms with Crippen LogP contribution in [0, 0.1) is 5.92 Å². The predicted molar refractivity (Wildman–Crippen MR) is 69.9 cm³/mol. The van der Waals surface area contributed by atoms with Gasteiger partial charge in [-0.2, -0.15) is 0 Å². The van der Waals surface area contributed by atoms with E-state index in [4.69, 9.17) is 11.6 Å². The van der Waals surface area contributed by atoms with E-state index in [1.807, 2.05) is 12.1 Å². The molecule has 0 radical (unpaired) electrons. The molecule has 1 aliphatic carbocycles. The van der Waals surface area contributed by atoms with E-state index in [0.29, 0.717) is 6.04 Å². The smallest absolute Gasteiger partial charge is 0.0438 e. The van der Waals surface area contributed by atoms with E-state index in [1.165, 1.54) is 18.4 Å². The first-order valence-electron chi connectivity index (χ1n) is 6.14. The van der Waals surface area contributed by atoms with Crippen molar-refractivity contribution >= 4 is 11.6 Å². The van der Waals surface area contributed by atoms with Crippen molar-refractivity contribution < 1.29 is 0 Å². The zero-order valence-electron chi connectivity index (χ0n) is 10.0. The van der Waals surface area contributed by atoms with Gasteiger partial charge in [0.25, 0.3) is 0 Å². The van der Waals surface area contributed by atoms with Gasteiger partial charge in [0.15, 0.2) is 0 Å². The van der Waals surface area contributed by atoms with Crippen LogP contribution in [0.4, 0.5) is 0 Å². The minimum Gasteiger partial charge on any atom is -0.311 e. The molecule has 0 amide bonds. The van der Waals surface area contributed by atoms with Gasteiger partial charge in [0.2, 0.25) is 0 Å². The third kappa shape index (κ3) is 2.99. The van der Waals surface area contributed by atoms with Gasteiger partial charge >= 0.3 is 0 Å². The first-order valence-corrected chi connectivity index (χ1v) is 6.52. The molecule has 1 aliphatic rings. The maximum absolute atomic E-state index is 6.15. The lowest BCUT2D eigenvalue weighted by atomic mass is 9.81. The van der Waals surface area contributed by atoms with Crippen molar-refractivity contribution in [3.05, 3.63) is 34.9 Å². The highest BCUT2D eigenvalue weighted by Gasteiger charge is 2.26. The number of rotatable bonds is 4. The van der Waals surface area contributed by atoms with E-state index >= 15 is 0 Å². The Morgan fingerprint density at radius 3 is 2.69 bits per heavy atom. The highest BCUT2D eigenvalue weighted by Crippen LogP contribution is 2.27. The molecule has 1 N–H and O–H groups in total. The Labute approximate surface area is 103 Å². The zero-order valence-corrected chi connectivity index (χ0v) is 10.8. The molecule has 1 aromatic carbocycles. The summed E-state index contributed by atoms with van der Waals surface area (Å²) in [5.41, 5.74) is 1.25. The number of benzene rings is 1. The van der Waals surface area contributed by atoms with Crippen molar-refractivity contribution in [3.8, 4) is 0 Å². The fraction of sp³-hybridized carbons (Fsp3) is 0.571. The Hall–Kier alpha value is -0.530. The van der Waals surface area contributed by atoms with Crippen LogP contribution >= 0.6 is 11.6 Å². The second kappa shape index (κ2) is 5.20. The van der Waals surface area contributed by atoms with Gasteiger partial charge in [0, 0.05) is 17.1 Å². The summed E-state index contributed by atoms with van der Waals surface area (Å²) in [6.07, 6.45) is 3.67. The minimum absolute atomic E-state index is 0.511. The minimum atomic E-state index is 0.511. The average Bonchev–Trinajstić information content (AvgIpc) is 2.19. The quantitative estimate of drug-likeness (QED) is 0.843. The van der Waals surface area contributed by atoms with Crippen LogP contribution in [0.25, 0.3) is 0 Å². The van der Waals surface area contributed by atoms with Gasteiger partial charge in [-0.15, -0.1) is 0 Å². The average molecular weight is 238 g/mol. The van der Waals surface area contributed by atoms with Crippen molar-refractivity contribution in [1.82, 2.24) is 5.32 Å². The van der Waals surface area contributed by atoms with Crippen molar-refractivity contribution in [1.29, 1.82) is 0 Å². The summed E-state index contributed by atoms with van der Waals surface area (Å²) >= 11 is 6.15. The van der Waals surface area contributed by atoms with Crippen molar-refractivity contribution in [3.63, 3.8) is 0 Å². The normalized spacial score (nSPS) is 26.2. The van der Waals surface area contributed by atoms with Gasteiger partial charge in [-0.1, -0.05) is 36.7 Å². The van der Waals surface area contributed by atoms with Crippen molar-refractivity contribution in [2.45, 2.75) is 45.2 Å². The zero-order chi connectivity index (χ0) is 11.5. The van der Waals surface area contributed by atoms with E-state index in [-0.39, 0.29) is 0 Å². The summed E-state index contributed by atoms with van der Waals surface area (Å²) in [4.78, 5) is 0. The van der Waals surface area contributed by atoms with E-state index < -0.39 is 0 Å². The van der Waals surface area contributed by atoms with Crippen molar-refractivity contribution in [2.24, 2.45) is 5.92 Å². The lowest BCUT2D eigenvalue weighted by molar-refractivity contribution is 0.225. The molecule has 0 heterocycles. The maximum atomic E-state index is 6.15. The summed E-state index contributed by atoms with van der Waals surface area (Å²) < 4.78 is 0. The van der Waals surface area contributed by atoms with Crippen molar-refractivity contribution in [2.75, 3.05) is 0 Å². The summed E-state index contributed by atoms with van der Waals surface area (Å²) in [5, 5.41) is 4.55. The topological polar surface area (TPSA) is 12.0 Å². The molecule has 88 valence electrons. The predicted octanol–water partition coefficient (Wildman–Crippen LogP) is 3.66. The SMILES string of the molecule is CC1CC(NC(C)Cc2ccccc2Cl)C1. The van der Waals surface area contributed by atoms with Gasteiger partial charge < -0.3 is 5.32 Å². The molecule has 1 nitrogen and oxygen atoms in total. The number of nitrogens with one attached hydrogen (secondary N) is 1. The number of hydrogen-bond donors (Lipinski definition) is 1. The van der Waals surface area contributed by atoms with E-state index in [2.05, 4.69) is 31.3 Å². The van der Waals surface area contributed by atoms with Crippen LogP contribution in [0.2, 0.25) is 5.02 Å². The van der Waals surface area contributed by atoms with Crippen LogP contribution in [0.15, 0.2) is 24.3 Å². The Kier molecular flexibility index (Phi) is 3.88. The van der Waals surface area contributed by atoms with E-state index in [1.54, 1.807) is 0 Å². The Morgan fingerprint density at radius 1 is 1.38 bits per heavy atom. The van der Waals surface area contributed by atoms with E-state index in [9.17, 15) is 0 Å². The molecule has 2 rings (SSSR count). The summed E-state index contributed by atoms with van der Waals surface area (Å²) in [5.74, 6) is 0.907. The first-order chi connectivity index (χ1) is 7.65. The second-order valence-electron chi connectivity index (χ2n) is 5.14. The third-order valence-electron chi connectivity index (χ3n) is 3.38. The van der Waals surface area contributed by atoms with Crippen LogP contribution in [-0.2, 0) is 6.42 Å².